The Hall–Kier alpha value is -2.37. The van der Waals surface area contributed by atoms with Crippen molar-refractivity contribution in [3.05, 3.63) is 47.7 Å². The van der Waals surface area contributed by atoms with Crippen LogP contribution >= 0.6 is 0 Å². The number of nitrogen functional groups attached to an aromatic ring is 1. The highest BCUT2D eigenvalue weighted by atomic mass is 19.1. The van der Waals surface area contributed by atoms with Gasteiger partial charge in [-0.1, -0.05) is 6.07 Å². The number of halogens is 2. The minimum absolute atomic E-state index is 0.123. The number of pyridine rings is 1. The molecular weight excluding hydrogens is 254 g/mol. The molecule has 4 nitrogen and oxygen atoms in total. The van der Waals surface area contributed by atoms with Gasteiger partial charge in [-0.3, -0.25) is 0 Å². The first-order chi connectivity index (χ1) is 9.11. The standard InChI is InChI=1S/C13H12F2N2O2/c1-18-8-5-12(13(16)17-6-8)19-7-9-10(14)3-2-4-11(9)15/h2-6H,7H2,1H3,(H2,16,17). The fourth-order valence-electron chi connectivity index (χ4n) is 1.48. The van der Waals surface area contributed by atoms with Gasteiger partial charge in [0.05, 0.1) is 18.9 Å². The highest BCUT2D eigenvalue weighted by molar-refractivity contribution is 5.48. The molecule has 2 aromatic rings. The molecule has 19 heavy (non-hydrogen) atoms. The van der Waals surface area contributed by atoms with E-state index < -0.39 is 11.6 Å². The summed E-state index contributed by atoms with van der Waals surface area (Å²) >= 11 is 0. The number of anilines is 1. The zero-order valence-corrected chi connectivity index (χ0v) is 10.2. The van der Waals surface area contributed by atoms with Crippen molar-refractivity contribution in [2.24, 2.45) is 0 Å². The molecule has 0 saturated heterocycles. The van der Waals surface area contributed by atoms with Crippen LogP contribution in [0.1, 0.15) is 5.56 Å². The van der Waals surface area contributed by atoms with Gasteiger partial charge in [0, 0.05) is 6.07 Å². The number of rotatable bonds is 4. The zero-order chi connectivity index (χ0) is 13.8. The highest BCUT2D eigenvalue weighted by Crippen LogP contribution is 2.25. The second kappa shape index (κ2) is 5.51. The molecule has 0 radical (unpaired) electrons. The topological polar surface area (TPSA) is 57.4 Å². The number of hydrogen-bond donors (Lipinski definition) is 1. The summed E-state index contributed by atoms with van der Waals surface area (Å²) in [5.74, 6) is -0.568. The summed E-state index contributed by atoms with van der Waals surface area (Å²) in [6.07, 6.45) is 1.42. The first-order valence-electron chi connectivity index (χ1n) is 5.47. The Labute approximate surface area is 108 Å². The Morgan fingerprint density at radius 3 is 2.58 bits per heavy atom. The molecule has 0 amide bonds. The van der Waals surface area contributed by atoms with Gasteiger partial charge in [0.15, 0.2) is 11.6 Å². The molecule has 0 saturated carbocycles. The van der Waals surface area contributed by atoms with Crippen molar-refractivity contribution < 1.29 is 18.3 Å². The summed E-state index contributed by atoms with van der Waals surface area (Å²) in [5, 5.41) is 0. The molecule has 2 rings (SSSR count). The van der Waals surface area contributed by atoms with E-state index in [0.717, 1.165) is 12.1 Å². The maximum absolute atomic E-state index is 13.4. The van der Waals surface area contributed by atoms with Crippen LogP contribution in [0.15, 0.2) is 30.5 Å². The predicted octanol–water partition coefficient (Wildman–Crippen LogP) is 2.53. The van der Waals surface area contributed by atoms with E-state index in [2.05, 4.69) is 4.98 Å². The summed E-state index contributed by atoms with van der Waals surface area (Å²) in [4.78, 5) is 3.85. The predicted molar refractivity (Wildman–Crippen MR) is 65.9 cm³/mol. The second-order valence-electron chi connectivity index (χ2n) is 3.75. The highest BCUT2D eigenvalue weighted by Gasteiger charge is 2.11. The quantitative estimate of drug-likeness (QED) is 0.923. The molecule has 0 atom stereocenters. The maximum Gasteiger partial charge on any atom is 0.166 e. The minimum atomic E-state index is -0.672. The Kier molecular flexibility index (Phi) is 3.79. The number of nitrogens with two attached hydrogens (primary N) is 1. The molecule has 0 fully saturated rings. The van der Waals surface area contributed by atoms with E-state index in [1.54, 1.807) is 0 Å². The number of methoxy groups -OCH3 is 1. The van der Waals surface area contributed by atoms with Crippen LogP contribution in [0.2, 0.25) is 0 Å². The summed E-state index contributed by atoms with van der Waals surface area (Å²) < 4.78 is 37.1. The molecule has 0 unspecified atom stereocenters. The van der Waals surface area contributed by atoms with E-state index in [0.29, 0.717) is 5.75 Å². The van der Waals surface area contributed by atoms with Crippen molar-refractivity contribution in [2.45, 2.75) is 6.61 Å². The summed E-state index contributed by atoms with van der Waals surface area (Å²) in [7, 11) is 1.47. The van der Waals surface area contributed by atoms with Crippen LogP contribution in [-0.4, -0.2) is 12.1 Å². The van der Waals surface area contributed by atoms with Gasteiger partial charge in [-0.05, 0) is 12.1 Å². The molecule has 1 aromatic heterocycles. The number of benzene rings is 1. The lowest BCUT2D eigenvalue weighted by atomic mass is 10.2. The van der Waals surface area contributed by atoms with Gasteiger partial charge in [0.2, 0.25) is 0 Å². The smallest absolute Gasteiger partial charge is 0.166 e. The number of aromatic nitrogens is 1. The van der Waals surface area contributed by atoms with E-state index in [-0.39, 0.29) is 23.7 Å². The molecule has 6 heteroatoms. The van der Waals surface area contributed by atoms with E-state index in [1.165, 1.54) is 25.4 Å². The van der Waals surface area contributed by atoms with E-state index >= 15 is 0 Å². The van der Waals surface area contributed by atoms with Gasteiger partial charge < -0.3 is 15.2 Å². The monoisotopic (exact) mass is 266 g/mol. The summed E-state index contributed by atoms with van der Waals surface area (Å²) in [5.41, 5.74) is 5.44. The van der Waals surface area contributed by atoms with Gasteiger partial charge in [-0.15, -0.1) is 0 Å². The van der Waals surface area contributed by atoms with Gasteiger partial charge in [-0.2, -0.15) is 0 Å². The summed E-state index contributed by atoms with van der Waals surface area (Å²) in [6.45, 7) is -0.280. The first kappa shape index (κ1) is 13.1. The van der Waals surface area contributed by atoms with E-state index in [1.807, 2.05) is 0 Å². The molecule has 100 valence electrons. The Balaban J connectivity index is 2.19. The zero-order valence-electron chi connectivity index (χ0n) is 10.2. The van der Waals surface area contributed by atoms with Crippen LogP contribution in [-0.2, 0) is 6.61 Å². The molecule has 0 bridgehead atoms. The van der Waals surface area contributed by atoms with Crippen LogP contribution < -0.4 is 15.2 Å². The van der Waals surface area contributed by atoms with Gasteiger partial charge in [0.25, 0.3) is 0 Å². The van der Waals surface area contributed by atoms with E-state index in [4.69, 9.17) is 15.2 Å². The number of ether oxygens (including phenoxy) is 2. The Morgan fingerprint density at radius 1 is 1.26 bits per heavy atom. The Bertz CT molecular complexity index is 571. The normalized spacial score (nSPS) is 10.3. The second-order valence-corrected chi connectivity index (χ2v) is 3.75. The third-order valence-corrected chi connectivity index (χ3v) is 2.53. The number of nitrogens with zero attached hydrogens (tertiary/aromatic N) is 1. The van der Waals surface area contributed by atoms with Gasteiger partial charge >= 0.3 is 0 Å². The average Bonchev–Trinajstić information content (AvgIpc) is 2.40. The number of hydrogen-bond acceptors (Lipinski definition) is 4. The first-order valence-corrected chi connectivity index (χ1v) is 5.47. The lowest BCUT2D eigenvalue weighted by Gasteiger charge is -2.10. The van der Waals surface area contributed by atoms with Crippen molar-refractivity contribution in [1.29, 1.82) is 0 Å². The molecule has 0 spiro atoms. The molecule has 1 aromatic carbocycles. The van der Waals surface area contributed by atoms with Crippen LogP contribution in [0.5, 0.6) is 11.5 Å². The third kappa shape index (κ3) is 2.90. The maximum atomic E-state index is 13.4. The average molecular weight is 266 g/mol. The van der Waals surface area contributed by atoms with Crippen LogP contribution in [0.25, 0.3) is 0 Å². The molecule has 2 N–H and O–H groups in total. The minimum Gasteiger partial charge on any atom is -0.495 e. The van der Waals surface area contributed by atoms with Crippen molar-refractivity contribution in [3.63, 3.8) is 0 Å². The van der Waals surface area contributed by atoms with Crippen molar-refractivity contribution in [1.82, 2.24) is 4.98 Å². The lowest BCUT2D eigenvalue weighted by Crippen LogP contribution is -2.04. The van der Waals surface area contributed by atoms with Crippen molar-refractivity contribution in [2.75, 3.05) is 12.8 Å². The SMILES string of the molecule is COc1cnc(N)c(OCc2c(F)cccc2F)c1. The fourth-order valence-corrected chi connectivity index (χ4v) is 1.48. The Morgan fingerprint density at radius 2 is 1.95 bits per heavy atom. The largest absolute Gasteiger partial charge is 0.495 e. The fraction of sp³-hybridized carbons (Fsp3) is 0.154. The van der Waals surface area contributed by atoms with Crippen LogP contribution in [0.3, 0.4) is 0 Å². The lowest BCUT2D eigenvalue weighted by molar-refractivity contribution is 0.291. The van der Waals surface area contributed by atoms with Crippen LogP contribution in [0, 0.1) is 11.6 Å². The molecule has 0 aliphatic heterocycles. The van der Waals surface area contributed by atoms with Gasteiger partial charge in [-0.25, -0.2) is 13.8 Å². The van der Waals surface area contributed by atoms with Gasteiger partial charge in [0.1, 0.15) is 24.0 Å². The molecule has 0 aliphatic rings. The molecule has 0 aliphatic carbocycles. The third-order valence-electron chi connectivity index (χ3n) is 2.53. The van der Waals surface area contributed by atoms with Crippen molar-refractivity contribution in [3.8, 4) is 11.5 Å². The van der Waals surface area contributed by atoms with Crippen molar-refractivity contribution >= 4 is 5.82 Å². The molecular formula is C13H12F2N2O2. The van der Waals surface area contributed by atoms with E-state index in [9.17, 15) is 8.78 Å². The summed E-state index contributed by atoms with van der Waals surface area (Å²) in [6, 6.07) is 5.11. The van der Waals surface area contributed by atoms with Crippen LogP contribution in [0.4, 0.5) is 14.6 Å². The molecule has 1 heterocycles.